The third-order valence-electron chi connectivity index (χ3n) is 2.21. The Balaban J connectivity index is 3.93. The smallest absolute Gasteiger partial charge is 0.146 e. The predicted molar refractivity (Wildman–Crippen MR) is 53.9 cm³/mol. The molecule has 0 amide bonds. The average molecular weight is 187 g/mol. The lowest BCUT2D eigenvalue weighted by atomic mass is 10.2. The number of nitrogens with zero attached hydrogens (tertiary/aromatic N) is 1. The van der Waals surface area contributed by atoms with Crippen LogP contribution in [0.1, 0.15) is 27.2 Å². The Morgan fingerprint density at radius 1 is 1.46 bits per heavy atom. The molecule has 3 heteroatoms. The molecule has 0 aromatic rings. The standard InChI is InChI=1S/C10H21NO2/c1-5-10(12)7-11(6-2)9(3)8-13-4/h9H,5-8H2,1-4H3. The number of carbonyl (C=O) groups is 1. The highest BCUT2D eigenvalue weighted by Gasteiger charge is 2.13. The molecule has 0 spiro atoms. The second-order valence-electron chi connectivity index (χ2n) is 3.26. The van der Waals surface area contributed by atoms with Gasteiger partial charge < -0.3 is 4.74 Å². The van der Waals surface area contributed by atoms with Crippen LogP contribution in [0.4, 0.5) is 0 Å². The van der Waals surface area contributed by atoms with Gasteiger partial charge >= 0.3 is 0 Å². The Labute approximate surface area is 81.1 Å². The number of ether oxygens (including phenoxy) is 1. The highest BCUT2D eigenvalue weighted by atomic mass is 16.5. The van der Waals surface area contributed by atoms with Crippen LogP contribution >= 0.6 is 0 Å². The van der Waals surface area contributed by atoms with Crippen molar-refractivity contribution in [3.05, 3.63) is 0 Å². The monoisotopic (exact) mass is 187 g/mol. The molecule has 0 N–H and O–H groups in total. The number of Topliss-reactive ketones (excluding diaryl/α,β-unsaturated/α-hetero) is 1. The zero-order chi connectivity index (χ0) is 10.3. The number of hydrogen-bond acceptors (Lipinski definition) is 3. The lowest BCUT2D eigenvalue weighted by Gasteiger charge is -2.26. The summed E-state index contributed by atoms with van der Waals surface area (Å²) in [5.74, 6) is 0.296. The van der Waals surface area contributed by atoms with Crippen molar-refractivity contribution >= 4 is 5.78 Å². The highest BCUT2D eigenvalue weighted by molar-refractivity contribution is 5.80. The number of methoxy groups -OCH3 is 1. The summed E-state index contributed by atoms with van der Waals surface area (Å²) >= 11 is 0. The fourth-order valence-corrected chi connectivity index (χ4v) is 1.26. The van der Waals surface area contributed by atoms with Crippen LogP contribution in [0.3, 0.4) is 0 Å². The van der Waals surface area contributed by atoms with Crippen molar-refractivity contribution in [2.24, 2.45) is 0 Å². The van der Waals surface area contributed by atoms with Crippen molar-refractivity contribution in [2.45, 2.75) is 33.2 Å². The third kappa shape index (κ3) is 5.01. The lowest BCUT2D eigenvalue weighted by molar-refractivity contribution is -0.120. The minimum atomic E-state index is 0.296. The van der Waals surface area contributed by atoms with Gasteiger partial charge in [0.1, 0.15) is 5.78 Å². The van der Waals surface area contributed by atoms with E-state index in [9.17, 15) is 4.79 Å². The van der Waals surface area contributed by atoms with E-state index in [0.717, 1.165) is 6.54 Å². The van der Waals surface area contributed by atoms with Crippen LogP contribution in [-0.4, -0.2) is 43.5 Å². The van der Waals surface area contributed by atoms with Crippen molar-refractivity contribution in [3.63, 3.8) is 0 Å². The van der Waals surface area contributed by atoms with E-state index >= 15 is 0 Å². The lowest BCUT2D eigenvalue weighted by Crippen LogP contribution is -2.39. The first-order chi connectivity index (χ1) is 6.15. The van der Waals surface area contributed by atoms with Crippen LogP contribution in [0.15, 0.2) is 0 Å². The summed E-state index contributed by atoms with van der Waals surface area (Å²) in [4.78, 5) is 13.3. The van der Waals surface area contributed by atoms with Crippen LogP contribution in [0.5, 0.6) is 0 Å². The molecule has 13 heavy (non-hydrogen) atoms. The average Bonchev–Trinajstić information content (AvgIpc) is 2.14. The van der Waals surface area contributed by atoms with E-state index in [0.29, 0.717) is 31.4 Å². The summed E-state index contributed by atoms with van der Waals surface area (Å²) in [5.41, 5.74) is 0. The van der Waals surface area contributed by atoms with E-state index in [1.807, 2.05) is 6.92 Å². The summed E-state index contributed by atoms with van der Waals surface area (Å²) in [6.45, 7) is 8.18. The molecule has 0 radical (unpaired) electrons. The van der Waals surface area contributed by atoms with Gasteiger partial charge in [-0.15, -0.1) is 0 Å². The molecule has 1 unspecified atom stereocenters. The molecule has 0 saturated heterocycles. The molecule has 0 aromatic carbocycles. The molecule has 0 aliphatic carbocycles. The Hall–Kier alpha value is -0.410. The molecule has 1 atom stereocenters. The fraction of sp³-hybridized carbons (Fsp3) is 0.900. The minimum absolute atomic E-state index is 0.296. The Morgan fingerprint density at radius 2 is 2.08 bits per heavy atom. The van der Waals surface area contributed by atoms with Crippen molar-refractivity contribution in [3.8, 4) is 0 Å². The van der Waals surface area contributed by atoms with Gasteiger partial charge in [0.05, 0.1) is 13.2 Å². The Kier molecular flexibility index (Phi) is 6.82. The van der Waals surface area contributed by atoms with E-state index in [1.54, 1.807) is 7.11 Å². The van der Waals surface area contributed by atoms with E-state index in [1.165, 1.54) is 0 Å². The molecular formula is C10H21NO2. The normalized spacial score (nSPS) is 13.3. The number of hydrogen-bond donors (Lipinski definition) is 0. The van der Waals surface area contributed by atoms with Gasteiger partial charge in [-0.1, -0.05) is 13.8 Å². The molecular weight excluding hydrogens is 166 g/mol. The second-order valence-corrected chi connectivity index (χ2v) is 3.26. The number of rotatable bonds is 7. The summed E-state index contributed by atoms with van der Waals surface area (Å²) in [7, 11) is 1.69. The zero-order valence-corrected chi connectivity index (χ0v) is 9.17. The van der Waals surface area contributed by atoms with E-state index in [4.69, 9.17) is 4.74 Å². The third-order valence-corrected chi connectivity index (χ3v) is 2.21. The maximum atomic E-state index is 11.2. The van der Waals surface area contributed by atoms with Crippen LogP contribution in [-0.2, 0) is 9.53 Å². The van der Waals surface area contributed by atoms with Crippen LogP contribution < -0.4 is 0 Å². The first-order valence-electron chi connectivity index (χ1n) is 4.90. The molecule has 0 aliphatic heterocycles. The molecule has 0 fully saturated rings. The second kappa shape index (κ2) is 7.04. The van der Waals surface area contributed by atoms with Gasteiger partial charge in [0.2, 0.25) is 0 Å². The molecule has 0 aromatic heterocycles. The Bertz CT molecular complexity index is 148. The number of ketones is 1. The summed E-state index contributed by atoms with van der Waals surface area (Å²) < 4.78 is 5.05. The largest absolute Gasteiger partial charge is 0.383 e. The number of carbonyl (C=O) groups excluding carboxylic acids is 1. The zero-order valence-electron chi connectivity index (χ0n) is 9.17. The summed E-state index contributed by atoms with van der Waals surface area (Å²) in [5, 5.41) is 0. The van der Waals surface area contributed by atoms with Gasteiger partial charge in [-0.25, -0.2) is 0 Å². The SMILES string of the molecule is CCC(=O)CN(CC)C(C)COC. The molecule has 3 nitrogen and oxygen atoms in total. The molecule has 78 valence electrons. The molecule has 0 bridgehead atoms. The van der Waals surface area contributed by atoms with E-state index < -0.39 is 0 Å². The molecule has 0 saturated carbocycles. The molecule has 0 rings (SSSR count). The quantitative estimate of drug-likeness (QED) is 0.602. The van der Waals surface area contributed by atoms with Crippen LogP contribution in [0, 0.1) is 0 Å². The predicted octanol–water partition coefficient (Wildman–Crippen LogP) is 1.32. The maximum absolute atomic E-state index is 11.2. The van der Waals surface area contributed by atoms with E-state index in [-0.39, 0.29) is 0 Å². The van der Waals surface area contributed by atoms with Crippen LogP contribution in [0.25, 0.3) is 0 Å². The molecule has 0 aliphatic rings. The summed E-state index contributed by atoms with van der Waals surface area (Å²) in [6, 6.07) is 0.325. The Morgan fingerprint density at radius 3 is 2.46 bits per heavy atom. The van der Waals surface area contributed by atoms with Gasteiger partial charge in [-0.05, 0) is 13.5 Å². The van der Waals surface area contributed by atoms with Crippen molar-refractivity contribution in [1.82, 2.24) is 4.90 Å². The van der Waals surface area contributed by atoms with Crippen molar-refractivity contribution in [2.75, 3.05) is 26.8 Å². The van der Waals surface area contributed by atoms with E-state index in [2.05, 4.69) is 18.7 Å². The molecule has 0 heterocycles. The first-order valence-corrected chi connectivity index (χ1v) is 4.90. The minimum Gasteiger partial charge on any atom is -0.383 e. The summed E-state index contributed by atoms with van der Waals surface area (Å²) in [6.07, 6.45) is 0.621. The van der Waals surface area contributed by atoms with Gasteiger partial charge in [0.15, 0.2) is 0 Å². The first kappa shape index (κ1) is 12.6. The van der Waals surface area contributed by atoms with Gasteiger partial charge in [-0.2, -0.15) is 0 Å². The fourth-order valence-electron chi connectivity index (χ4n) is 1.26. The maximum Gasteiger partial charge on any atom is 0.146 e. The van der Waals surface area contributed by atoms with Crippen LogP contribution in [0.2, 0.25) is 0 Å². The number of likely N-dealkylation sites (N-methyl/N-ethyl adjacent to an activating group) is 1. The highest BCUT2D eigenvalue weighted by Crippen LogP contribution is 2.00. The van der Waals surface area contributed by atoms with Crippen molar-refractivity contribution in [1.29, 1.82) is 0 Å². The van der Waals surface area contributed by atoms with Gasteiger partial charge in [-0.3, -0.25) is 9.69 Å². The van der Waals surface area contributed by atoms with Crippen molar-refractivity contribution < 1.29 is 9.53 Å². The van der Waals surface area contributed by atoms with Gasteiger partial charge in [0.25, 0.3) is 0 Å². The topological polar surface area (TPSA) is 29.5 Å². The van der Waals surface area contributed by atoms with Gasteiger partial charge in [0, 0.05) is 19.6 Å².